The fourth-order valence-corrected chi connectivity index (χ4v) is 2.12. The Hall–Kier alpha value is -1.30. The molecule has 0 aromatic carbocycles. The molecule has 1 saturated heterocycles. The van der Waals surface area contributed by atoms with Gasteiger partial charge < -0.3 is 19.7 Å². The minimum absolute atomic E-state index is 0.0440. The first-order valence-corrected chi connectivity index (χ1v) is 7.13. The quantitative estimate of drug-likeness (QED) is 0.794. The van der Waals surface area contributed by atoms with Crippen molar-refractivity contribution in [2.24, 2.45) is 0 Å². The minimum Gasteiger partial charge on any atom is -0.462 e. The van der Waals surface area contributed by atoms with Gasteiger partial charge in [-0.05, 0) is 33.6 Å². The molecule has 0 aromatic heterocycles. The van der Waals surface area contributed by atoms with Gasteiger partial charge in [0.15, 0.2) is 0 Å². The van der Waals surface area contributed by atoms with Crippen LogP contribution < -0.4 is 5.32 Å². The first-order valence-electron chi connectivity index (χ1n) is 7.13. The summed E-state index contributed by atoms with van der Waals surface area (Å²) < 4.78 is 10.3. The maximum absolute atomic E-state index is 11.5. The third-order valence-corrected chi connectivity index (χ3v) is 2.96. The van der Waals surface area contributed by atoms with E-state index in [9.17, 15) is 9.59 Å². The summed E-state index contributed by atoms with van der Waals surface area (Å²) in [5.41, 5.74) is -0.466. The summed E-state index contributed by atoms with van der Waals surface area (Å²) in [6.07, 6.45) is 1.37. The van der Waals surface area contributed by atoms with E-state index >= 15 is 0 Å². The van der Waals surface area contributed by atoms with Crippen LogP contribution in [0.15, 0.2) is 0 Å². The number of piperidine rings is 1. The Morgan fingerprint density at radius 2 is 1.85 bits per heavy atom. The number of carbonyl (C=O) groups excluding carboxylic acids is 2. The van der Waals surface area contributed by atoms with Crippen molar-refractivity contribution in [1.82, 2.24) is 10.2 Å². The number of hydrogen-bond donors (Lipinski definition) is 1. The molecule has 0 aromatic rings. The number of rotatable bonds is 4. The highest BCUT2D eigenvalue weighted by molar-refractivity contribution is 5.67. The van der Waals surface area contributed by atoms with Crippen molar-refractivity contribution in [2.75, 3.05) is 26.2 Å². The van der Waals surface area contributed by atoms with Crippen LogP contribution in [0.4, 0.5) is 4.79 Å². The van der Waals surface area contributed by atoms with E-state index in [1.54, 1.807) is 0 Å². The van der Waals surface area contributed by atoms with E-state index < -0.39 is 5.60 Å². The molecular weight excluding hydrogens is 260 g/mol. The highest BCUT2D eigenvalue weighted by atomic mass is 16.6. The number of hydrogen-bond acceptors (Lipinski definition) is 5. The highest BCUT2D eigenvalue weighted by Crippen LogP contribution is 2.13. The molecule has 20 heavy (non-hydrogen) atoms. The van der Waals surface area contributed by atoms with Gasteiger partial charge in [-0.3, -0.25) is 4.79 Å². The van der Waals surface area contributed by atoms with E-state index in [-0.39, 0.29) is 18.2 Å². The largest absolute Gasteiger partial charge is 0.462 e. The van der Waals surface area contributed by atoms with Gasteiger partial charge in [0.1, 0.15) is 11.7 Å². The zero-order valence-electron chi connectivity index (χ0n) is 12.9. The Morgan fingerprint density at radius 1 is 1.25 bits per heavy atom. The number of likely N-dealkylation sites (tertiary alicyclic amines) is 1. The summed E-state index contributed by atoms with van der Waals surface area (Å²) >= 11 is 0. The van der Waals surface area contributed by atoms with Crippen molar-refractivity contribution in [3.8, 4) is 0 Å². The van der Waals surface area contributed by atoms with Gasteiger partial charge in [0.05, 0.1) is 0 Å². The van der Waals surface area contributed by atoms with Gasteiger partial charge in [-0.25, -0.2) is 4.79 Å². The Balaban J connectivity index is 2.12. The maximum Gasteiger partial charge on any atom is 0.407 e. The molecule has 1 aliphatic rings. The molecule has 1 aliphatic heterocycles. The highest BCUT2D eigenvalue weighted by Gasteiger charge is 2.21. The third-order valence-electron chi connectivity index (χ3n) is 2.96. The van der Waals surface area contributed by atoms with Gasteiger partial charge in [0.2, 0.25) is 0 Å². The molecule has 116 valence electrons. The molecule has 0 atom stereocenters. The van der Waals surface area contributed by atoms with E-state index in [2.05, 4.69) is 10.2 Å². The lowest BCUT2D eigenvalue weighted by Crippen LogP contribution is -2.42. The number of ether oxygens (including phenoxy) is 2. The van der Waals surface area contributed by atoms with Crippen LogP contribution in [0.2, 0.25) is 0 Å². The van der Waals surface area contributed by atoms with Crippen molar-refractivity contribution in [3.63, 3.8) is 0 Å². The molecule has 1 N–H and O–H groups in total. The normalized spacial score (nSPS) is 17.6. The number of alkyl carbamates (subject to hydrolysis) is 1. The summed E-state index contributed by atoms with van der Waals surface area (Å²) in [6.45, 7) is 10.1. The van der Waals surface area contributed by atoms with Crippen LogP contribution in [-0.2, 0) is 14.3 Å². The number of nitrogens with one attached hydrogen (secondary N) is 1. The summed E-state index contributed by atoms with van der Waals surface area (Å²) in [4.78, 5) is 24.6. The van der Waals surface area contributed by atoms with Crippen LogP contribution >= 0.6 is 0 Å². The van der Waals surface area contributed by atoms with Gasteiger partial charge in [-0.1, -0.05) is 0 Å². The first-order chi connectivity index (χ1) is 9.26. The molecular formula is C14H26N2O4. The van der Waals surface area contributed by atoms with Crippen LogP contribution in [0, 0.1) is 0 Å². The molecule has 0 aliphatic carbocycles. The lowest BCUT2D eigenvalue weighted by molar-refractivity contribution is -0.148. The van der Waals surface area contributed by atoms with Crippen LogP contribution in [-0.4, -0.2) is 54.8 Å². The third kappa shape index (κ3) is 7.33. The Bertz CT molecular complexity index is 331. The monoisotopic (exact) mass is 286 g/mol. The zero-order valence-corrected chi connectivity index (χ0v) is 12.9. The van der Waals surface area contributed by atoms with E-state index in [1.165, 1.54) is 6.92 Å². The fraction of sp³-hybridized carbons (Fsp3) is 0.857. The molecule has 0 bridgehead atoms. The Kier molecular flexibility index (Phi) is 6.26. The van der Waals surface area contributed by atoms with Crippen LogP contribution in [0.25, 0.3) is 0 Å². The lowest BCUT2D eigenvalue weighted by atomic mass is 10.1. The number of amides is 1. The van der Waals surface area contributed by atoms with Gasteiger partial charge in [0, 0.05) is 33.1 Å². The van der Waals surface area contributed by atoms with Gasteiger partial charge in [-0.15, -0.1) is 0 Å². The van der Waals surface area contributed by atoms with Crippen molar-refractivity contribution in [1.29, 1.82) is 0 Å². The van der Waals surface area contributed by atoms with Crippen LogP contribution in [0.5, 0.6) is 0 Å². The summed E-state index contributed by atoms with van der Waals surface area (Å²) in [5, 5.41) is 2.74. The zero-order chi connectivity index (χ0) is 15.2. The Morgan fingerprint density at radius 3 is 2.35 bits per heavy atom. The number of nitrogens with zero attached hydrogens (tertiary/aromatic N) is 1. The molecule has 0 spiro atoms. The molecule has 6 heteroatoms. The van der Waals surface area contributed by atoms with Crippen LogP contribution in [0.1, 0.15) is 40.5 Å². The average molecular weight is 286 g/mol. The van der Waals surface area contributed by atoms with E-state index in [0.29, 0.717) is 6.54 Å². The first kappa shape index (κ1) is 16.8. The summed E-state index contributed by atoms with van der Waals surface area (Å²) in [6, 6.07) is 0. The molecule has 1 heterocycles. The molecule has 1 amide bonds. The Labute approximate surface area is 120 Å². The van der Waals surface area contributed by atoms with Gasteiger partial charge in [0.25, 0.3) is 0 Å². The molecule has 0 unspecified atom stereocenters. The topological polar surface area (TPSA) is 67.9 Å². The summed E-state index contributed by atoms with van der Waals surface area (Å²) in [7, 11) is 0. The van der Waals surface area contributed by atoms with Gasteiger partial charge >= 0.3 is 12.1 Å². The molecule has 6 nitrogen and oxygen atoms in total. The minimum atomic E-state index is -0.466. The van der Waals surface area contributed by atoms with Crippen molar-refractivity contribution in [2.45, 2.75) is 52.2 Å². The molecule has 1 rings (SSSR count). The fourth-order valence-electron chi connectivity index (χ4n) is 2.12. The lowest BCUT2D eigenvalue weighted by Gasteiger charge is -2.31. The van der Waals surface area contributed by atoms with E-state index in [4.69, 9.17) is 9.47 Å². The molecule has 0 saturated carbocycles. The second kappa shape index (κ2) is 7.47. The van der Waals surface area contributed by atoms with Crippen molar-refractivity contribution >= 4 is 12.1 Å². The number of esters is 1. The van der Waals surface area contributed by atoms with Crippen LogP contribution in [0.3, 0.4) is 0 Å². The van der Waals surface area contributed by atoms with Crippen molar-refractivity contribution in [3.05, 3.63) is 0 Å². The number of carbonyl (C=O) groups is 2. The predicted octanol–water partition coefficient (Wildman–Crippen LogP) is 1.54. The molecule has 1 fully saturated rings. The standard InChI is InChI=1S/C14H26N2O4/c1-11(17)19-12-5-8-16(9-6-12)10-7-15-13(18)20-14(2,3)4/h12H,5-10H2,1-4H3,(H,15,18). The van der Waals surface area contributed by atoms with E-state index in [0.717, 1.165) is 32.5 Å². The second-order valence-electron chi connectivity index (χ2n) is 6.08. The van der Waals surface area contributed by atoms with E-state index in [1.807, 2.05) is 20.8 Å². The predicted molar refractivity (Wildman–Crippen MR) is 75.5 cm³/mol. The molecule has 0 radical (unpaired) electrons. The summed E-state index contributed by atoms with van der Waals surface area (Å²) in [5.74, 6) is -0.213. The van der Waals surface area contributed by atoms with Crippen molar-refractivity contribution < 1.29 is 19.1 Å². The average Bonchev–Trinajstić information content (AvgIpc) is 2.28. The van der Waals surface area contributed by atoms with Gasteiger partial charge in [-0.2, -0.15) is 0 Å². The smallest absolute Gasteiger partial charge is 0.407 e. The SMILES string of the molecule is CC(=O)OC1CCN(CCNC(=O)OC(C)(C)C)CC1. The maximum atomic E-state index is 11.5. The second-order valence-corrected chi connectivity index (χ2v) is 6.08.